The summed E-state index contributed by atoms with van der Waals surface area (Å²) in [6.07, 6.45) is 4.00. The molecule has 9 nitrogen and oxygen atoms in total. The molecule has 5 atom stereocenters. The highest BCUT2D eigenvalue weighted by atomic mass is 16.5. The van der Waals surface area contributed by atoms with Gasteiger partial charge in [0.05, 0.1) is 6.10 Å². The van der Waals surface area contributed by atoms with Gasteiger partial charge >= 0.3 is 5.97 Å². The van der Waals surface area contributed by atoms with Crippen LogP contribution in [0.3, 0.4) is 0 Å². The van der Waals surface area contributed by atoms with E-state index in [9.17, 15) is 24.3 Å². The highest BCUT2D eigenvalue weighted by Crippen LogP contribution is 2.22. The zero-order valence-electron chi connectivity index (χ0n) is 19.9. The van der Waals surface area contributed by atoms with Crippen molar-refractivity contribution in [1.29, 1.82) is 0 Å². The fourth-order valence-electron chi connectivity index (χ4n) is 3.83. The Bertz CT molecular complexity index is 681. The topological polar surface area (TPSA) is 125 Å². The third kappa shape index (κ3) is 8.02. The molecule has 5 unspecified atom stereocenters. The zero-order valence-corrected chi connectivity index (χ0v) is 19.9. The number of nitrogens with one attached hydrogen (secondary N) is 2. The van der Waals surface area contributed by atoms with Crippen LogP contribution >= 0.6 is 0 Å². The van der Waals surface area contributed by atoms with Crippen molar-refractivity contribution in [2.24, 2.45) is 17.8 Å². The number of amides is 2. The molecule has 1 saturated heterocycles. The number of hydrogen-bond donors (Lipinski definition) is 3. The summed E-state index contributed by atoms with van der Waals surface area (Å²) < 4.78 is 5.46. The van der Waals surface area contributed by atoms with E-state index in [0.29, 0.717) is 25.8 Å². The zero-order chi connectivity index (χ0) is 24.4. The fraction of sp³-hybridized carbons (Fsp3) is 0.739. The van der Waals surface area contributed by atoms with E-state index in [-0.39, 0.29) is 36.1 Å². The molecule has 0 aromatic carbocycles. The average Bonchev–Trinajstić information content (AvgIpc) is 2.76. The van der Waals surface area contributed by atoms with Gasteiger partial charge in [-0.15, -0.1) is 6.58 Å². The Labute approximate surface area is 190 Å². The highest BCUT2D eigenvalue weighted by molar-refractivity contribution is 5.91. The first kappa shape index (κ1) is 27.8. The Balaban J connectivity index is 2.75. The van der Waals surface area contributed by atoms with Crippen LogP contribution in [0.5, 0.6) is 0 Å². The van der Waals surface area contributed by atoms with Crippen molar-refractivity contribution in [2.45, 2.75) is 78.0 Å². The van der Waals surface area contributed by atoms with Gasteiger partial charge in [0.2, 0.25) is 5.91 Å². The highest BCUT2D eigenvalue weighted by Gasteiger charge is 2.34. The Morgan fingerprint density at radius 2 is 1.91 bits per heavy atom. The lowest BCUT2D eigenvalue weighted by molar-refractivity contribution is -0.148. The Morgan fingerprint density at radius 1 is 1.25 bits per heavy atom. The van der Waals surface area contributed by atoms with Gasteiger partial charge in [0.1, 0.15) is 17.9 Å². The van der Waals surface area contributed by atoms with Gasteiger partial charge in [-0.3, -0.25) is 24.2 Å². The van der Waals surface area contributed by atoms with Gasteiger partial charge in [0, 0.05) is 31.9 Å². The number of aliphatic carboxylic acids is 1. The van der Waals surface area contributed by atoms with Crippen molar-refractivity contribution < 1.29 is 29.0 Å². The predicted octanol–water partition coefficient (Wildman–Crippen LogP) is 1.92. The van der Waals surface area contributed by atoms with E-state index >= 15 is 0 Å². The fourth-order valence-corrected chi connectivity index (χ4v) is 3.83. The van der Waals surface area contributed by atoms with Crippen molar-refractivity contribution in [2.75, 3.05) is 13.7 Å². The molecule has 0 aliphatic carbocycles. The number of ether oxygens (including phenoxy) is 1. The summed E-state index contributed by atoms with van der Waals surface area (Å²) >= 11 is 0. The number of hydrogen-bond acceptors (Lipinski definition) is 6. The van der Waals surface area contributed by atoms with E-state index in [1.807, 2.05) is 20.8 Å². The standard InChI is InChI=1S/C23H39N3O6/c1-7-8-11-20(32-6)15(4)19(27)13-17(14(2)3)21(28)24-16(5)22(29)26-12-9-10-18(25-26)23(30)31/h7,14-18,20,25H,1,8-13H2,2-6H3,(H,24,28)(H,30,31). The number of nitrogens with zero attached hydrogens (tertiary/aromatic N) is 1. The first-order valence-electron chi connectivity index (χ1n) is 11.3. The maximum Gasteiger partial charge on any atom is 0.322 e. The molecule has 2 amide bonds. The second-order valence-corrected chi connectivity index (χ2v) is 8.83. The van der Waals surface area contributed by atoms with Crippen molar-refractivity contribution in [3.8, 4) is 0 Å². The van der Waals surface area contributed by atoms with Gasteiger partial charge in [0.25, 0.3) is 5.91 Å². The number of carboxylic acid groups (broad SMARTS) is 1. The second-order valence-electron chi connectivity index (χ2n) is 8.83. The summed E-state index contributed by atoms with van der Waals surface area (Å²) in [6.45, 7) is 11.2. The quantitative estimate of drug-likeness (QED) is 0.364. The molecule has 0 spiro atoms. The lowest BCUT2D eigenvalue weighted by atomic mass is 9.84. The molecule has 1 fully saturated rings. The number of allylic oxidation sites excluding steroid dienone is 1. The molecule has 0 bridgehead atoms. The number of hydrazine groups is 1. The maximum atomic E-state index is 12.9. The minimum Gasteiger partial charge on any atom is -0.480 e. The molecular formula is C23H39N3O6. The lowest BCUT2D eigenvalue weighted by Gasteiger charge is -2.34. The van der Waals surface area contributed by atoms with Crippen LogP contribution in [-0.2, 0) is 23.9 Å². The Hall–Kier alpha value is -2.26. The minimum atomic E-state index is -1.02. The number of ketones is 1. The summed E-state index contributed by atoms with van der Waals surface area (Å²) in [5.41, 5.74) is 2.70. The summed E-state index contributed by atoms with van der Waals surface area (Å²) in [5.74, 6) is -2.91. The van der Waals surface area contributed by atoms with Crippen LogP contribution in [0.25, 0.3) is 0 Å². The minimum absolute atomic E-state index is 0.0581. The molecule has 9 heteroatoms. The smallest absolute Gasteiger partial charge is 0.322 e. The Morgan fingerprint density at radius 3 is 2.44 bits per heavy atom. The molecule has 1 heterocycles. The summed E-state index contributed by atoms with van der Waals surface area (Å²) in [7, 11) is 1.57. The third-order valence-corrected chi connectivity index (χ3v) is 6.07. The van der Waals surface area contributed by atoms with Gasteiger partial charge in [0.15, 0.2) is 0 Å². The van der Waals surface area contributed by atoms with Gasteiger partial charge in [-0.2, -0.15) is 0 Å². The van der Waals surface area contributed by atoms with Gasteiger partial charge in [-0.25, -0.2) is 5.43 Å². The van der Waals surface area contributed by atoms with Crippen LogP contribution in [0.15, 0.2) is 12.7 Å². The number of methoxy groups -OCH3 is 1. The van der Waals surface area contributed by atoms with E-state index < -0.39 is 29.9 Å². The second kappa shape index (κ2) is 13.3. The van der Waals surface area contributed by atoms with E-state index in [1.165, 1.54) is 5.01 Å². The number of carbonyl (C=O) groups excluding carboxylic acids is 3. The molecular weight excluding hydrogens is 414 g/mol. The van der Waals surface area contributed by atoms with Gasteiger partial charge in [-0.05, 0) is 38.5 Å². The molecule has 1 aliphatic heterocycles. The molecule has 182 valence electrons. The van der Waals surface area contributed by atoms with Crippen LogP contribution in [-0.4, -0.2) is 65.5 Å². The molecule has 0 aromatic heterocycles. The summed E-state index contributed by atoms with van der Waals surface area (Å²) in [4.78, 5) is 49.7. The van der Waals surface area contributed by atoms with Gasteiger partial charge in [-0.1, -0.05) is 26.8 Å². The first-order chi connectivity index (χ1) is 15.0. The van der Waals surface area contributed by atoms with Crippen molar-refractivity contribution >= 4 is 23.6 Å². The van der Waals surface area contributed by atoms with Crippen LogP contribution in [0.2, 0.25) is 0 Å². The molecule has 3 N–H and O–H groups in total. The van der Waals surface area contributed by atoms with Crippen molar-refractivity contribution in [1.82, 2.24) is 15.8 Å². The monoisotopic (exact) mass is 453 g/mol. The first-order valence-corrected chi connectivity index (χ1v) is 11.3. The predicted molar refractivity (Wildman–Crippen MR) is 120 cm³/mol. The SMILES string of the molecule is C=CCCC(OC)C(C)C(=O)CC(C(=O)NC(C)C(=O)N1CCCC(C(=O)O)N1)C(C)C. The molecule has 1 aliphatic rings. The van der Waals surface area contributed by atoms with E-state index in [1.54, 1.807) is 20.1 Å². The molecule has 0 saturated carbocycles. The van der Waals surface area contributed by atoms with Gasteiger partial charge < -0.3 is 15.2 Å². The largest absolute Gasteiger partial charge is 0.480 e. The van der Waals surface area contributed by atoms with E-state index in [2.05, 4.69) is 17.3 Å². The van der Waals surface area contributed by atoms with Crippen LogP contribution in [0, 0.1) is 17.8 Å². The number of carboxylic acids is 1. The lowest BCUT2D eigenvalue weighted by Crippen LogP contribution is -2.59. The number of Topliss-reactive ketones (excluding diaryl/α,β-unsaturated/α-hetero) is 1. The normalized spacial score (nSPS) is 20.2. The summed E-state index contributed by atoms with van der Waals surface area (Å²) in [6, 6.07) is -1.68. The summed E-state index contributed by atoms with van der Waals surface area (Å²) in [5, 5.41) is 13.1. The van der Waals surface area contributed by atoms with Crippen LogP contribution in [0.4, 0.5) is 0 Å². The molecule has 1 rings (SSSR count). The average molecular weight is 454 g/mol. The number of carbonyl (C=O) groups is 4. The van der Waals surface area contributed by atoms with E-state index in [0.717, 1.165) is 6.42 Å². The molecule has 0 radical (unpaired) electrons. The molecule has 32 heavy (non-hydrogen) atoms. The van der Waals surface area contributed by atoms with Crippen molar-refractivity contribution in [3.05, 3.63) is 12.7 Å². The van der Waals surface area contributed by atoms with Crippen LogP contribution < -0.4 is 10.7 Å². The number of rotatable bonds is 13. The molecule has 0 aromatic rings. The Kier molecular flexibility index (Phi) is 11.6. The van der Waals surface area contributed by atoms with Crippen molar-refractivity contribution in [3.63, 3.8) is 0 Å². The van der Waals surface area contributed by atoms with E-state index in [4.69, 9.17) is 4.74 Å². The maximum absolute atomic E-state index is 12.9. The third-order valence-electron chi connectivity index (χ3n) is 6.07. The van der Waals surface area contributed by atoms with Crippen LogP contribution in [0.1, 0.15) is 59.8 Å².